The first kappa shape index (κ1) is 9.29. The molecule has 7 nitrogen and oxygen atoms in total. The predicted molar refractivity (Wildman–Crippen MR) is 58.5 cm³/mol. The molecule has 0 amide bonds. The first-order chi connectivity index (χ1) is 8.26. The van der Waals surface area contributed by atoms with Crippen LogP contribution in [0.25, 0.3) is 5.65 Å². The van der Waals surface area contributed by atoms with Crippen LogP contribution in [0.5, 0.6) is 0 Å². The van der Waals surface area contributed by atoms with Gasteiger partial charge in [-0.25, -0.2) is 0 Å². The van der Waals surface area contributed by atoms with E-state index in [0.717, 1.165) is 18.7 Å². The molecule has 0 atom stereocenters. The molecule has 3 heterocycles. The third-order valence-electron chi connectivity index (χ3n) is 3.68. The minimum atomic E-state index is -0.504. The van der Waals surface area contributed by atoms with Gasteiger partial charge in [0.15, 0.2) is 11.5 Å². The number of nitrogens with zero attached hydrogens (tertiary/aromatic N) is 6. The fourth-order valence-corrected chi connectivity index (χ4v) is 2.53. The van der Waals surface area contributed by atoms with E-state index in [4.69, 9.17) is 0 Å². The van der Waals surface area contributed by atoms with Crippen molar-refractivity contribution in [1.82, 2.24) is 25.0 Å². The first-order valence-electron chi connectivity index (χ1n) is 5.76. The summed E-state index contributed by atoms with van der Waals surface area (Å²) in [5.41, 5.74) is 0.125. The summed E-state index contributed by atoms with van der Waals surface area (Å²) in [6.45, 7) is 1.30. The molecular formula is C10H12N6O. The molecule has 1 saturated carbocycles. The van der Waals surface area contributed by atoms with E-state index in [-0.39, 0.29) is 0 Å². The maximum Gasteiger partial charge on any atom is 0.199 e. The van der Waals surface area contributed by atoms with Crippen molar-refractivity contribution in [2.24, 2.45) is 5.92 Å². The maximum atomic E-state index is 10.3. The number of hydrogen-bond donors (Lipinski definition) is 1. The molecule has 1 saturated heterocycles. The van der Waals surface area contributed by atoms with Crippen molar-refractivity contribution in [3.63, 3.8) is 0 Å². The molecule has 0 bridgehead atoms. The van der Waals surface area contributed by atoms with Crippen LogP contribution in [0.1, 0.15) is 12.8 Å². The topological polar surface area (TPSA) is 79.4 Å². The molecule has 1 aliphatic heterocycles. The molecule has 0 aromatic carbocycles. The highest BCUT2D eigenvalue weighted by Crippen LogP contribution is 2.45. The van der Waals surface area contributed by atoms with Gasteiger partial charge in [-0.15, -0.1) is 5.10 Å². The average molecular weight is 232 g/mol. The summed E-state index contributed by atoms with van der Waals surface area (Å²) in [6.07, 6.45) is 5.65. The largest absolute Gasteiger partial charge is 0.386 e. The van der Waals surface area contributed by atoms with Crippen molar-refractivity contribution in [3.05, 3.63) is 12.4 Å². The van der Waals surface area contributed by atoms with Gasteiger partial charge in [0.2, 0.25) is 0 Å². The second kappa shape index (κ2) is 2.92. The smallest absolute Gasteiger partial charge is 0.199 e. The SMILES string of the molecule is OC1(C2CC2)CN(c2cncc3nnnn23)C1. The van der Waals surface area contributed by atoms with Crippen LogP contribution in [0.4, 0.5) is 5.82 Å². The molecule has 2 fully saturated rings. The van der Waals surface area contributed by atoms with Gasteiger partial charge in [-0.1, -0.05) is 0 Å². The summed E-state index contributed by atoms with van der Waals surface area (Å²) in [6, 6.07) is 0. The van der Waals surface area contributed by atoms with Gasteiger partial charge < -0.3 is 10.0 Å². The molecular weight excluding hydrogens is 220 g/mol. The van der Waals surface area contributed by atoms with Crippen LogP contribution < -0.4 is 4.90 Å². The van der Waals surface area contributed by atoms with Gasteiger partial charge in [0.25, 0.3) is 0 Å². The van der Waals surface area contributed by atoms with Crippen LogP contribution in [0.2, 0.25) is 0 Å². The number of β-amino-alcohol motifs (C(OH)–C–C–N with tert-alkyl or cyclic N) is 1. The first-order valence-corrected chi connectivity index (χ1v) is 5.76. The highest BCUT2D eigenvalue weighted by atomic mass is 16.3. The molecule has 2 aromatic heterocycles. The van der Waals surface area contributed by atoms with Gasteiger partial charge in [0, 0.05) is 0 Å². The standard InChI is InChI=1S/C10H12N6O/c17-10(7-1-2-7)5-15(6-10)9-4-11-3-8-12-13-14-16(8)9/h3-4,7,17H,1-2,5-6H2. The summed E-state index contributed by atoms with van der Waals surface area (Å²) in [7, 11) is 0. The van der Waals surface area contributed by atoms with E-state index in [9.17, 15) is 5.11 Å². The van der Waals surface area contributed by atoms with Crippen LogP contribution in [-0.4, -0.2) is 48.8 Å². The average Bonchev–Trinajstić information content (AvgIpc) is 3.03. The van der Waals surface area contributed by atoms with Gasteiger partial charge in [0.05, 0.1) is 25.5 Å². The lowest BCUT2D eigenvalue weighted by molar-refractivity contribution is -0.00998. The molecule has 2 aromatic rings. The highest BCUT2D eigenvalue weighted by Gasteiger charge is 2.52. The van der Waals surface area contributed by atoms with E-state index in [1.807, 2.05) is 0 Å². The molecule has 0 spiro atoms. The Morgan fingerprint density at radius 3 is 2.88 bits per heavy atom. The Labute approximate surface area is 97.1 Å². The summed E-state index contributed by atoms with van der Waals surface area (Å²) < 4.78 is 1.65. The summed E-state index contributed by atoms with van der Waals surface area (Å²) in [5.74, 6) is 1.33. The molecule has 88 valence electrons. The molecule has 1 aliphatic carbocycles. The molecule has 1 N–H and O–H groups in total. The van der Waals surface area contributed by atoms with E-state index >= 15 is 0 Å². The second-order valence-electron chi connectivity index (χ2n) is 4.95. The lowest BCUT2D eigenvalue weighted by Gasteiger charge is -2.47. The van der Waals surface area contributed by atoms with E-state index < -0.39 is 5.60 Å². The summed E-state index contributed by atoms with van der Waals surface area (Å²) in [5, 5.41) is 21.7. The molecule has 0 radical (unpaired) electrons. The number of aromatic nitrogens is 5. The third kappa shape index (κ3) is 1.25. The van der Waals surface area contributed by atoms with Crippen molar-refractivity contribution in [2.75, 3.05) is 18.0 Å². The number of hydrogen-bond acceptors (Lipinski definition) is 6. The zero-order chi connectivity index (χ0) is 11.5. The minimum Gasteiger partial charge on any atom is -0.386 e. The van der Waals surface area contributed by atoms with Crippen molar-refractivity contribution in [1.29, 1.82) is 0 Å². The Balaban J connectivity index is 1.66. The van der Waals surface area contributed by atoms with E-state index in [0.29, 0.717) is 24.7 Å². The fraction of sp³-hybridized carbons (Fsp3) is 0.600. The quantitative estimate of drug-likeness (QED) is 0.750. The van der Waals surface area contributed by atoms with E-state index in [1.54, 1.807) is 16.9 Å². The van der Waals surface area contributed by atoms with Gasteiger partial charge in [0.1, 0.15) is 5.60 Å². The zero-order valence-electron chi connectivity index (χ0n) is 9.19. The van der Waals surface area contributed by atoms with Crippen molar-refractivity contribution in [3.8, 4) is 0 Å². The molecule has 4 rings (SSSR count). The van der Waals surface area contributed by atoms with Crippen molar-refractivity contribution < 1.29 is 5.11 Å². The Kier molecular flexibility index (Phi) is 1.60. The van der Waals surface area contributed by atoms with Crippen LogP contribution in [0, 0.1) is 5.92 Å². The molecule has 2 aliphatic rings. The molecule has 17 heavy (non-hydrogen) atoms. The monoisotopic (exact) mass is 232 g/mol. The number of aliphatic hydroxyl groups is 1. The number of tetrazole rings is 1. The normalized spacial score (nSPS) is 22.8. The van der Waals surface area contributed by atoms with E-state index in [1.165, 1.54) is 0 Å². The number of fused-ring (bicyclic) bond motifs is 1. The predicted octanol–water partition coefficient (Wildman–Crippen LogP) is -0.520. The van der Waals surface area contributed by atoms with Gasteiger partial charge in [-0.05, 0) is 29.2 Å². The Morgan fingerprint density at radius 1 is 1.29 bits per heavy atom. The molecule has 7 heteroatoms. The lowest BCUT2D eigenvalue weighted by atomic mass is 9.89. The Morgan fingerprint density at radius 2 is 2.12 bits per heavy atom. The van der Waals surface area contributed by atoms with Crippen LogP contribution in [-0.2, 0) is 0 Å². The third-order valence-corrected chi connectivity index (χ3v) is 3.68. The second-order valence-corrected chi connectivity index (χ2v) is 4.95. The summed E-state index contributed by atoms with van der Waals surface area (Å²) in [4.78, 5) is 6.17. The Bertz CT molecular complexity index is 571. The van der Waals surface area contributed by atoms with Crippen molar-refractivity contribution in [2.45, 2.75) is 18.4 Å². The van der Waals surface area contributed by atoms with Crippen LogP contribution >= 0.6 is 0 Å². The maximum absolute atomic E-state index is 10.3. The molecule has 0 unspecified atom stereocenters. The lowest BCUT2D eigenvalue weighted by Crippen LogP contribution is -2.63. The van der Waals surface area contributed by atoms with Crippen LogP contribution in [0.15, 0.2) is 12.4 Å². The number of anilines is 1. The van der Waals surface area contributed by atoms with E-state index in [2.05, 4.69) is 25.4 Å². The minimum absolute atomic E-state index is 0.486. The van der Waals surface area contributed by atoms with Gasteiger partial charge in [-0.2, -0.15) is 4.52 Å². The highest BCUT2D eigenvalue weighted by molar-refractivity contribution is 5.49. The summed E-state index contributed by atoms with van der Waals surface area (Å²) >= 11 is 0. The Hall–Kier alpha value is -1.76. The van der Waals surface area contributed by atoms with Gasteiger partial charge in [-0.3, -0.25) is 4.98 Å². The number of rotatable bonds is 2. The fourth-order valence-electron chi connectivity index (χ4n) is 2.53. The van der Waals surface area contributed by atoms with Gasteiger partial charge >= 0.3 is 0 Å². The zero-order valence-corrected chi connectivity index (χ0v) is 9.19. The van der Waals surface area contributed by atoms with Crippen LogP contribution in [0.3, 0.4) is 0 Å². The van der Waals surface area contributed by atoms with Crippen molar-refractivity contribution >= 4 is 11.5 Å².